The maximum Gasteiger partial charge on any atom is 0.275 e. The van der Waals surface area contributed by atoms with E-state index >= 15 is 0 Å². The number of aryl methyl sites for hydroxylation is 2. The topological polar surface area (TPSA) is 115 Å². The van der Waals surface area contributed by atoms with Gasteiger partial charge in [0.1, 0.15) is 12.1 Å². The lowest BCUT2D eigenvalue weighted by atomic mass is 10.00. The molecule has 3 N–H and O–H groups in total. The molecule has 0 aliphatic heterocycles. The molecule has 4 aromatic rings. The Morgan fingerprint density at radius 3 is 2.68 bits per heavy atom. The van der Waals surface area contributed by atoms with Gasteiger partial charge in [0.2, 0.25) is 0 Å². The highest BCUT2D eigenvalue weighted by atomic mass is 19.1. The van der Waals surface area contributed by atoms with Crippen molar-refractivity contribution in [3.63, 3.8) is 0 Å². The minimum atomic E-state index is -3.32. The summed E-state index contributed by atoms with van der Waals surface area (Å²) >= 11 is 0. The summed E-state index contributed by atoms with van der Waals surface area (Å²) < 4.78 is 61.9. The summed E-state index contributed by atoms with van der Waals surface area (Å²) in [5, 5.41) is 3.34. The fourth-order valence-electron chi connectivity index (χ4n) is 4.09. The molecule has 9 nitrogen and oxygen atoms in total. The Bertz CT molecular complexity index is 1730. The largest absolute Gasteiger partial charge is 0.378 e. The molecule has 4 rings (SSSR count). The minimum Gasteiger partial charge on any atom is -0.378 e. The molecule has 1 atom stereocenters. The molecular weight excluding hydrogens is 439 g/mol. The molecule has 0 bridgehead atoms. The van der Waals surface area contributed by atoms with Gasteiger partial charge in [-0.1, -0.05) is 6.07 Å². The summed E-state index contributed by atoms with van der Waals surface area (Å²) in [5.41, 5.74) is 5.86. The second-order valence-corrected chi connectivity index (χ2v) is 7.96. The Morgan fingerprint density at radius 2 is 2.00 bits per heavy atom. The van der Waals surface area contributed by atoms with E-state index in [2.05, 4.69) is 10.3 Å². The van der Waals surface area contributed by atoms with Crippen LogP contribution in [-0.4, -0.2) is 44.6 Å². The molecule has 0 fully saturated rings. The highest BCUT2D eigenvalue weighted by Crippen LogP contribution is 2.30. The van der Waals surface area contributed by atoms with E-state index in [1.54, 1.807) is 26.0 Å². The fraction of sp³-hybridized carbons (Fsp3) is 0.250. The van der Waals surface area contributed by atoms with Crippen LogP contribution in [0.25, 0.3) is 16.6 Å². The van der Waals surface area contributed by atoms with Gasteiger partial charge in [0.05, 0.1) is 22.5 Å². The number of aromatic nitrogens is 3. The predicted molar refractivity (Wildman–Crippen MR) is 128 cm³/mol. The van der Waals surface area contributed by atoms with Crippen LogP contribution in [0.4, 0.5) is 10.1 Å². The van der Waals surface area contributed by atoms with Gasteiger partial charge in [-0.3, -0.25) is 23.4 Å². The van der Waals surface area contributed by atoms with Crippen molar-refractivity contribution in [3.8, 4) is 0 Å². The second kappa shape index (κ2) is 8.29. The van der Waals surface area contributed by atoms with Crippen molar-refractivity contribution in [2.24, 2.45) is 12.8 Å². The van der Waals surface area contributed by atoms with Crippen LogP contribution in [0.3, 0.4) is 0 Å². The third-order valence-corrected chi connectivity index (χ3v) is 5.61. The molecule has 0 spiro atoms. The number of benzene rings is 2. The highest BCUT2D eigenvalue weighted by Gasteiger charge is 2.23. The number of fused-ring (bicyclic) bond motifs is 3. The molecule has 10 heteroatoms. The van der Waals surface area contributed by atoms with E-state index in [1.807, 2.05) is 0 Å². The average molecular weight is 471 g/mol. The SMILES string of the molecule is [2H]C([2H])([2H])N(C(=O)c1ncn2c3c([C@H](C)Nc4ccc(F)cc4C(N)=O)cc(C)cc3c(=O)n(C)c12)C([2H])([2H])[2H]. The molecule has 0 aliphatic rings. The van der Waals surface area contributed by atoms with Crippen molar-refractivity contribution in [2.45, 2.75) is 19.9 Å². The van der Waals surface area contributed by atoms with Crippen molar-refractivity contribution >= 4 is 34.1 Å². The molecule has 2 amide bonds. The minimum absolute atomic E-state index is 0.0881. The molecule has 2 aromatic carbocycles. The number of nitrogens with zero attached hydrogens (tertiary/aromatic N) is 4. The number of amides is 2. The van der Waals surface area contributed by atoms with E-state index in [-0.39, 0.29) is 27.2 Å². The van der Waals surface area contributed by atoms with Crippen LogP contribution < -0.4 is 16.6 Å². The van der Waals surface area contributed by atoms with E-state index in [9.17, 15) is 18.8 Å². The molecule has 0 aliphatic carbocycles. The van der Waals surface area contributed by atoms with Gasteiger partial charge in [-0.05, 0) is 49.2 Å². The summed E-state index contributed by atoms with van der Waals surface area (Å²) in [7, 11) is 1.35. The van der Waals surface area contributed by atoms with Crippen LogP contribution in [-0.2, 0) is 7.05 Å². The lowest BCUT2D eigenvalue weighted by Crippen LogP contribution is -2.26. The maximum absolute atomic E-state index is 13.8. The molecule has 176 valence electrons. The summed E-state index contributed by atoms with van der Waals surface area (Å²) in [5.74, 6) is -2.92. The monoisotopic (exact) mass is 470 g/mol. The second-order valence-electron chi connectivity index (χ2n) is 7.96. The number of hydrogen-bond acceptors (Lipinski definition) is 5. The summed E-state index contributed by atoms with van der Waals surface area (Å²) in [6, 6.07) is 6.26. The smallest absolute Gasteiger partial charge is 0.275 e. The zero-order valence-corrected chi connectivity index (χ0v) is 18.5. The van der Waals surface area contributed by atoms with E-state index in [0.29, 0.717) is 16.6 Å². The molecule has 2 aromatic heterocycles. The molecule has 0 unspecified atom stereocenters. The van der Waals surface area contributed by atoms with Crippen molar-refractivity contribution in [1.29, 1.82) is 0 Å². The Kier molecular flexibility index (Phi) is 4.00. The standard InChI is InChI=1S/C24H25FN6O3/c1-12-8-15(13(2)28-18-7-6-14(25)10-16(18)21(26)32)20-17(9-12)23(33)30(5)22-19(24(34)29(3)4)27-11-31(20)22/h6-11,13,28H,1-5H3,(H2,26,32)/t13-/m0/s1/i3D3,4D3. The van der Waals surface area contributed by atoms with Crippen LogP contribution >= 0.6 is 0 Å². The normalized spacial score (nSPS) is 15.5. The van der Waals surface area contributed by atoms with Gasteiger partial charge in [-0.25, -0.2) is 9.37 Å². The number of halogens is 1. The van der Waals surface area contributed by atoms with Crippen LogP contribution in [0, 0.1) is 12.7 Å². The van der Waals surface area contributed by atoms with Gasteiger partial charge in [-0.15, -0.1) is 0 Å². The van der Waals surface area contributed by atoms with Crippen molar-refractivity contribution in [2.75, 3.05) is 19.3 Å². The lowest BCUT2D eigenvalue weighted by molar-refractivity contribution is 0.0823. The molecule has 0 saturated heterocycles. The third-order valence-electron chi connectivity index (χ3n) is 5.61. The maximum atomic E-state index is 13.8. The summed E-state index contributed by atoms with van der Waals surface area (Å²) in [6.45, 7) is -3.15. The molecular formula is C24H25FN6O3. The molecule has 0 saturated carbocycles. The Balaban J connectivity index is 1.98. The van der Waals surface area contributed by atoms with Gasteiger partial charge in [0.15, 0.2) is 11.3 Å². The number of hydrogen-bond donors (Lipinski definition) is 2. The van der Waals surface area contributed by atoms with Crippen molar-refractivity contribution in [3.05, 3.63) is 75.2 Å². The first kappa shape index (κ1) is 16.4. The first-order valence-corrected chi connectivity index (χ1v) is 10.1. The number of carbonyl (C=O) groups excluding carboxylic acids is 2. The van der Waals surface area contributed by atoms with Crippen LogP contribution in [0.5, 0.6) is 0 Å². The van der Waals surface area contributed by atoms with Crippen LogP contribution in [0.15, 0.2) is 41.5 Å². The number of rotatable bonds is 5. The van der Waals surface area contributed by atoms with Gasteiger partial charge < -0.3 is 16.0 Å². The number of carbonyl (C=O) groups is 2. The Labute approximate surface area is 203 Å². The van der Waals surface area contributed by atoms with Gasteiger partial charge >= 0.3 is 0 Å². The van der Waals surface area contributed by atoms with E-state index < -0.39 is 48.9 Å². The zero-order chi connectivity index (χ0) is 29.9. The number of imidazole rings is 1. The molecule has 0 radical (unpaired) electrons. The van der Waals surface area contributed by atoms with E-state index in [0.717, 1.165) is 16.7 Å². The summed E-state index contributed by atoms with van der Waals surface area (Å²) in [4.78, 5) is 42.5. The first-order chi connectivity index (χ1) is 18.4. The van der Waals surface area contributed by atoms with Gasteiger partial charge in [0.25, 0.3) is 17.4 Å². The third kappa shape index (κ3) is 3.66. The fourth-order valence-corrected chi connectivity index (χ4v) is 4.09. The number of nitrogens with one attached hydrogen (secondary N) is 1. The summed E-state index contributed by atoms with van der Waals surface area (Å²) in [6.07, 6.45) is 1.19. The predicted octanol–water partition coefficient (Wildman–Crippen LogP) is 2.61. The lowest BCUT2D eigenvalue weighted by Gasteiger charge is -2.21. The van der Waals surface area contributed by atoms with Crippen molar-refractivity contribution in [1.82, 2.24) is 18.9 Å². The van der Waals surface area contributed by atoms with Crippen LogP contribution in [0.1, 0.15) is 53.2 Å². The van der Waals surface area contributed by atoms with Crippen molar-refractivity contribution < 1.29 is 22.2 Å². The molecule has 2 heterocycles. The van der Waals surface area contributed by atoms with Gasteiger partial charge in [-0.2, -0.15) is 0 Å². The Morgan fingerprint density at radius 1 is 1.26 bits per heavy atom. The highest BCUT2D eigenvalue weighted by molar-refractivity contribution is 6.00. The Hall–Kier alpha value is -4.21. The van der Waals surface area contributed by atoms with Gasteiger partial charge in [0, 0.05) is 34.9 Å². The molecule has 34 heavy (non-hydrogen) atoms. The number of primary amides is 1. The number of anilines is 1. The average Bonchev–Trinajstić information content (AvgIpc) is 3.26. The van der Waals surface area contributed by atoms with Crippen LogP contribution in [0.2, 0.25) is 0 Å². The van der Waals surface area contributed by atoms with E-state index in [4.69, 9.17) is 14.0 Å². The van der Waals surface area contributed by atoms with E-state index in [1.165, 1.54) is 23.8 Å². The first-order valence-electron chi connectivity index (χ1n) is 13.1. The zero-order valence-electron chi connectivity index (χ0n) is 24.5. The quantitative estimate of drug-likeness (QED) is 0.465. The number of nitrogens with two attached hydrogens (primary N) is 1.